The van der Waals surface area contributed by atoms with Gasteiger partial charge >= 0.3 is 0 Å². The van der Waals surface area contributed by atoms with E-state index in [0.29, 0.717) is 11.7 Å². The van der Waals surface area contributed by atoms with Crippen LogP contribution in [-0.4, -0.2) is 27.2 Å². The Balaban J connectivity index is 2.01. The van der Waals surface area contributed by atoms with E-state index >= 15 is 0 Å². The molecular formula is C18H16F2N4O2. The van der Waals surface area contributed by atoms with Crippen molar-refractivity contribution in [3.05, 3.63) is 65.5 Å². The van der Waals surface area contributed by atoms with E-state index in [1.54, 1.807) is 38.2 Å². The summed E-state index contributed by atoms with van der Waals surface area (Å²) in [6, 6.07) is 7.48. The third-order valence-electron chi connectivity index (χ3n) is 3.52. The molecule has 0 aliphatic rings. The molecule has 2 heterocycles. The summed E-state index contributed by atoms with van der Waals surface area (Å²) in [5, 5.41) is 5.20. The number of fused-ring (bicyclic) bond motifs is 1. The van der Waals surface area contributed by atoms with Crippen LogP contribution in [0, 0.1) is 11.6 Å². The summed E-state index contributed by atoms with van der Waals surface area (Å²) >= 11 is 0. The topological polar surface area (TPSA) is 75.5 Å². The minimum atomic E-state index is -0.872. The van der Waals surface area contributed by atoms with Gasteiger partial charge in [0.25, 0.3) is 11.8 Å². The van der Waals surface area contributed by atoms with Crippen molar-refractivity contribution >= 4 is 23.3 Å². The number of pyridine rings is 1. The van der Waals surface area contributed by atoms with Crippen molar-refractivity contribution in [3.8, 4) is 0 Å². The first-order valence-electron chi connectivity index (χ1n) is 7.90. The number of imidazole rings is 1. The molecule has 0 unspecified atom stereocenters. The molecule has 0 aliphatic heterocycles. The van der Waals surface area contributed by atoms with Crippen LogP contribution in [0.2, 0.25) is 0 Å². The molecule has 2 N–H and O–H groups in total. The lowest BCUT2D eigenvalue weighted by Gasteiger charge is -2.10. The summed E-state index contributed by atoms with van der Waals surface area (Å²) in [6.07, 6.45) is 1.63. The minimum Gasteiger partial charge on any atom is -0.348 e. The average molecular weight is 358 g/mol. The molecule has 0 atom stereocenters. The van der Waals surface area contributed by atoms with Crippen molar-refractivity contribution in [1.29, 1.82) is 0 Å². The van der Waals surface area contributed by atoms with E-state index in [9.17, 15) is 18.4 Å². The van der Waals surface area contributed by atoms with E-state index in [1.807, 2.05) is 0 Å². The summed E-state index contributed by atoms with van der Waals surface area (Å²) in [6.45, 7) is 3.60. The van der Waals surface area contributed by atoms with Gasteiger partial charge < -0.3 is 10.6 Å². The Morgan fingerprint density at radius 3 is 2.42 bits per heavy atom. The molecule has 1 aromatic carbocycles. The number of carbonyl (C=O) groups excluding carboxylic acids is 2. The molecule has 26 heavy (non-hydrogen) atoms. The third kappa shape index (κ3) is 3.53. The van der Waals surface area contributed by atoms with Gasteiger partial charge in [-0.3, -0.25) is 14.0 Å². The molecule has 3 rings (SSSR count). The molecule has 0 radical (unpaired) electrons. The Hall–Kier alpha value is -3.29. The highest BCUT2D eigenvalue weighted by molar-refractivity contribution is 6.08. The number of nitrogens with zero attached hydrogens (tertiary/aromatic N) is 2. The molecule has 0 aliphatic carbocycles. The van der Waals surface area contributed by atoms with Gasteiger partial charge in [-0.05, 0) is 38.1 Å². The Morgan fingerprint density at radius 1 is 1.08 bits per heavy atom. The number of halogens is 2. The van der Waals surface area contributed by atoms with Gasteiger partial charge in [0, 0.05) is 23.9 Å². The number of hydrogen-bond donors (Lipinski definition) is 2. The van der Waals surface area contributed by atoms with Gasteiger partial charge in [0.15, 0.2) is 11.5 Å². The van der Waals surface area contributed by atoms with Crippen LogP contribution in [0.3, 0.4) is 0 Å². The van der Waals surface area contributed by atoms with Gasteiger partial charge in [-0.25, -0.2) is 13.8 Å². The van der Waals surface area contributed by atoms with E-state index in [-0.39, 0.29) is 23.1 Å². The van der Waals surface area contributed by atoms with Crippen molar-refractivity contribution in [3.63, 3.8) is 0 Å². The zero-order valence-corrected chi connectivity index (χ0v) is 14.1. The minimum absolute atomic E-state index is 0.00372. The number of anilines is 1. The van der Waals surface area contributed by atoms with E-state index in [2.05, 4.69) is 15.6 Å². The first kappa shape index (κ1) is 17.5. The maximum atomic E-state index is 13.3. The molecule has 0 saturated carbocycles. The summed E-state index contributed by atoms with van der Waals surface area (Å²) in [4.78, 5) is 29.1. The Kier molecular flexibility index (Phi) is 4.66. The predicted molar refractivity (Wildman–Crippen MR) is 92.1 cm³/mol. The lowest BCUT2D eigenvalue weighted by atomic mass is 10.2. The fourth-order valence-corrected chi connectivity index (χ4v) is 2.50. The maximum absolute atomic E-state index is 13.3. The average Bonchev–Trinajstić information content (AvgIpc) is 2.91. The van der Waals surface area contributed by atoms with Gasteiger partial charge in [-0.15, -0.1) is 0 Å². The van der Waals surface area contributed by atoms with Crippen LogP contribution in [0.5, 0.6) is 0 Å². The quantitative estimate of drug-likeness (QED) is 0.753. The lowest BCUT2D eigenvalue weighted by Crippen LogP contribution is -2.32. The van der Waals surface area contributed by atoms with Gasteiger partial charge in [0.2, 0.25) is 0 Å². The fraction of sp³-hybridized carbons (Fsp3) is 0.167. The van der Waals surface area contributed by atoms with Crippen LogP contribution in [0.1, 0.15) is 34.7 Å². The van der Waals surface area contributed by atoms with Gasteiger partial charge in [-0.2, -0.15) is 0 Å². The lowest BCUT2D eigenvalue weighted by molar-refractivity contribution is 0.0938. The number of benzene rings is 1. The molecule has 134 valence electrons. The molecule has 6 nitrogen and oxygen atoms in total. The summed E-state index contributed by atoms with van der Waals surface area (Å²) in [7, 11) is 0. The molecular weight excluding hydrogens is 342 g/mol. The van der Waals surface area contributed by atoms with Crippen molar-refractivity contribution in [2.24, 2.45) is 0 Å². The first-order valence-corrected chi connectivity index (χ1v) is 7.90. The third-order valence-corrected chi connectivity index (χ3v) is 3.52. The summed E-state index contributed by atoms with van der Waals surface area (Å²) in [5.41, 5.74) is 0.358. The molecule has 0 bridgehead atoms. The van der Waals surface area contributed by atoms with Crippen molar-refractivity contribution in [2.75, 3.05) is 5.32 Å². The van der Waals surface area contributed by atoms with Gasteiger partial charge in [0.05, 0.1) is 0 Å². The number of rotatable bonds is 4. The molecule has 0 spiro atoms. The predicted octanol–water partition coefficient (Wildman–Crippen LogP) is 3.00. The molecule has 3 aromatic rings. The van der Waals surface area contributed by atoms with Crippen molar-refractivity contribution < 1.29 is 18.4 Å². The number of hydrogen-bond acceptors (Lipinski definition) is 3. The second kappa shape index (κ2) is 6.91. The monoisotopic (exact) mass is 358 g/mol. The van der Waals surface area contributed by atoms with Crippen LogP contribution in [0.25, 0.3) is 5.65 Å². The molecule has 8 heteroatoms. The number of amides is 2. The molecule has 2 amide bonds. The second-order valence-electron chi connectivity index (χ2n) is 5.98. The smallest absolute Gasteiger partial charge is 0.272 e. The highest BCUT2D eigenvalue weighted by Gasteiger charge is 2.22. The standard InChI is InChI=1S/C18H16F2N4O2/c1-10(2)21-18(26)15-16(22-14-5-3-4-6-24(14)15)23-17(25)11-7-12(19)9-13(20)8-11/h3-10H,1-2H3,(H,21,26)(H,23,25). The van der Waals surface area contributed by atoms with Crippen molar-refractivity contribution in [2.45, 2.75) is 19.9 Å². The number of carbonyl (C=O) groups is 2. The van der Waals surface area contributed by atoms with Crippen LogP contribution in [0.15, 0.2) is 42.6 Å². The van der Waals surface area contributed by atoms with Crippen LogP contribution < -0.4 is 10.6 Å². The largest absolute Gasteiger partial charge is 0.348 e. The van der Waals surface area contributed by atoms with Gasteiger partial charge in [0.1, 0.15) is 17.3 Å². The Bertz CT molecular complexity index is 978. The molecule has 2 aromatic heterocycles. The second-order valence-corrected chi connectivity index (χ2v) is 5.98. The maximum Gasteiger partial charge on any atom is 0.272 e. The Labute approximate surface area is 147 Å². The first-order chi connectivity index (χ1) is 12.3. The zero-order chi connectivity index (χ0) is 18.8. The van der Waals surface area contributed by atoms with Crippen LogP contribution >= 0.6 is 0 Å². The normalized spacial score (nSPS) is 11.0. The highest BCUT2D eigenvalue weighted by Crippen LogP contribution is 2.19. The highest BCUT2D eigenvalue weighted by atomic mass is 19.1. The summed E-state index contributed by atoms with van der Waals surface area (Å²) in [5.74, 6) is -2.94. The number of aromatic nitrogens is 2. The van der Waals surface area contributed by atoms with Gasteiger partial charge in [-0.1, -0.05) is 6.07 Å². The van der Waals surface area contributed by atoms with E-state index < -0.39 is 23.4 Å². The van der Waals surface area contributed by atoms with Crippen molar-refractivity contribution in [1.82, 2.24) is 14.7 Å². The molecule has 0 saturated heterocycles. The fourth-order valence-electron chi connectivity index (χ4n) is 2.50. The van der Waals surface area contributed by atoms with E-state index in [1.165, 1.54) is 4.40 Å². The van der Waals surface area contributed by atoms with E-state index in [0.717, 1.165) is 12.1 Å². The van der Waals surface area contributed by atoms with E-state index in [4.69, 9.17) is 0 Å². The number of nitrogens with one attached hydrogen (secondary N) is 2. The zero-order valence-electron chi connectivity index (χ0n) is 14.1. The van der Waals surface area contributed by atoms with Crippen LogP contribution in [0.4, 0.5) is 14.6 Å². The van der Waals surface area contributed by atoms with Crippen LogP contribution in [-0.2, 0) is 0 Å². The molecule has 0 fully saturated rings. The summed E-state index contributed by atoms with van der Waals surface area (Å²) < 4.78 is 28.2. The SMILES string of the molecule is CC(C)NC(=O)c1c(NC(=O)c2cc(F)cc(F)c2)nc2ccccn12. The Morgan fingerprint density at radius 2 is 1.77 bits per heavy atom.